The van der Waals surface area contributed by atoms with Crippen molar-refractivity contribution in [2.24, 2.45) is 0 Å². The van der Waals surface area contributed by atoms with E-state index in [0.717, 1.165) is 11.4 Å². The van der Waals surface area contributed by atoms with Crippen LogP contribution in [0.5, 0.6) is 0 Å². The van der Waals surface area contributed by atoms with Crippen molar-refractivity contribution in [2.45, 2.75) is 52.6 Å². The van der Waals surface area contributed by atoms with E-state index in [4.69, 9.17) is 0 Å². The molecule has 0 aliphatic carbocycles. The van der Waals surface area contributed by atoms with Gasteiger partial charge < -0.3 is 4.90 Å². The van der Waals surface area contributed by atoms with Crippen molar-refractivity contribution in [3.05, 3.63) is 23.3 Å². The normalized spacial score (nSPS) is 11.7. The van der Waals surface area contributed by atoms with Gasteiger partial charge >= 0.3 is 0 Å². The zero-order chi connectivity index (χ0) is 16.3. The lowest BCUT2D eigenvalue weighted by Crippen LogP contribution is -2.27. The summed E-state index contributed by atoms with van der Waals surface area (Å²) in [4.78, 5) is 13.8. The Morgan fingerprint density at radius 1 is 1.41 bits per heavy atom. The highest BCUT2D eigenvalue weighted by molar-refractivity contribution is 5.75. The molecule has 0 spiro atoms. The van der Waals surface area contributed by atoms with Gasteiger partial charge in [0, 0.05) is 18.9 Å². The Balaban J connectivity index is 1.88. The monoisotopic (exact) mass is 305 g/mol. The van der Waals surface area contributed by atoms with Crippen LogP contribution in [0.2, 0.25) is 0 Å². The van der Waals surface area contributed by atoms with Crippen LogP contribution in [-0.2, 0) is 23.3 Å². The van der Waals surface area contributed by atoms with E-state index in [2.05, 4.69) is 46.5 Å². The molecule has 0 aromatic carbocycles. The van der Waals surface area contributed by atoms with Crippen molar-refractivity contribution < 1.29 is 4.79 Å². The fraction of sp³-hybridized carbons (Fsp3) is 0.643. The molecule has 0 fully saturated rings. The standard InChI is InChI=1S/C14H23N7O/c1-10-15-18-19-21(10)7-6-13(22)20(5)9-11-8-12(17-16-11)14(2,3)4/h8H,6-7,9H2,1-5H3,(H,16,17). The van der Waals surface area contributed by atoms with Gasteiger partial charge in [-0.1, -0.05) is 20.8 Å². The topological polar surface area (TPSA) is 92.6 Å². The summed E-state index contributed by atoms with van der Waals surface area (Å²) in [5, 5.41) is 18.5. The van der Waals surface area contributed by atoms with Crippen molar-refractivity contribution in [1.82, 2.24) is 35.3 Å². The smallest absolute Gasteiger partial charge is 0.224 e. The first-order valence-electron chi connectivity index (χ1n) is 7.29. The summed E-state index contributed by atoms with van der Waals surface area (Å²) in [5.74, 6) is 0.751. The van der Waals surface area contributed by atoms with Crippen LogP contribution in [0.3, 0.4) is 0 Å². The lowest BCUT2D eigenvalue weighted by atomic mass is 9.92. The zero-order valence-corrected chi connectivity index (χ0v) is 13.8. The third kappa shape index (κ3) is 3.90. The number of aromatic nitrogens is 6. The molecule has 0 saturated heterocycles. The van der Waals surface area contributed by atoms with Crippen LogP contribution >= 0.6 is 0 Å². The van der Waals surface area contributed by atoms with Crippen molar-refractivity contribution in [3.63, 3.8) is 0 Å². The summed E-state index contributed by atoms with van der Waals surface area (Å²) in [5.41, 5.74) is 1.92. The van der Waals surface area contributed by atoms with E-state index in [1.807, 2.05) is 13.0 Å². The first kappa shape index (κ1) is 16.1. The Bertz CT molecular complexity index is 638. The minimum absolute atomic E-state index is 0.00501. The van der Waals surface area contributed by atoms with Crippen molar-refractivity contribution in [3.8, 4) is 0 Å². The maximum Gasteiger partial charge on any atom is 0.224 e. The maximum absolute atomic E-state index is 12.2. The fourth-order valence-corrected chi connectivity index (χ4v) is 2.02. The minimum atomic E-state index is -0.00501. The van der Waals surface area contributed by atoms with Gasteiger partial charge in [-0.05, 0) is 23.4 Å². The first-order valence-corrected chi connectivity index (χ1v) is 7.29. The molecule has 0 aliphatic heterocycles. The summed E-state index contributed by atoms with van der Waals surface area (Å²) < 4.78 is 1.62. The quantitative estimate of drug-likeness (QED) is 0.891. The second kappa shape index (κ2) is 6.25. The molecule has 0 atom stereocenters. The van der Waals surface area contributed by atoms with Gasteiger partial charge in [-0.15, -0.1) is 5.10 Å². The molecular formula is C14H23N7O. The van der Waals surface area contributed by atoms with E-state index in [1.165, 1.54) is 0 Å². The van der Waals surface area contributed by atoms with Gasteiger partial charge in [0.25, 0.3) is 0 Å². The number of rotatable bonds is 5. The fourth-order valence-electron chi connectivity index (χ4n) is 2.02. The van der Waals surface area contributed by atoms with Gasteiger partial charge in [0.1, 0.15) is 5.82 Å². The number of aromatic amines is 1. The molecule has 0 bridgehead atoms. The van der Waals surface area contributed by atoms with Gasteiger partial charge in [0.05, 0.1) is 24.5 Å². The number of amides is 1. The molecule has 8 nitrogen and oxygen atoms in total. The molecule has 0 aliphatic rings. The summed E-state index contributed by atoms with van der Waals surface area (Å²) in [7, 11) is 1.78. The number of nitrogens with zero attached hydrogens (tertiary/aromatic N) is 6. The second-order valence-corrected chi connectivity index (χ2v) is 6.48. The first-order chi connectivity index (χ1) is 10.3. The van der Waals surface area contributed by atoms with E-state index in [-0.39, 0.29) is 11.3 Å². The van der Waals surface area contributed by atoms with E-state index < -0.39 is 0 Å². The van der Waals surface area contributed by atoms with Crippen LogP contribution in [0.25, 0.3) is 0 Å². The molecule has 0 unspecified atom stereocenters. The summed E-state index contributed by atoms with van der Waals surface area (Å²) >= 11 is 0. The van der Waals surface area contributed by atoms with Gasteiger partial charge in [0.2, 0.25) is 5.91 Å². The lowest BCUT2D eigenvalue weighted by Gasteiger charge is -2.16. The van der Waals surface area contributed by atoms with Gasteiger partial charge in [-0.25, -0.2) is 4.68 Å². The molecule has 2 aromatic rings. The lowest BCUT2D eigenvalue weighted by molar-refractivity contribution is -0.130. The van der Waals surface area contributed by atoms with E-state index in [0.29, 0.717) is 25.3 Å². The Morgan fingerprint density at radius 3 is 2.68 bits per heavy atom. The number of carbonyl (C=O) groups excluding carboxylic acids is 1. The molecule has 1 N–H and O–H groups in total. The average Bonchev–Trinajstić information content (AvgIpc) is 3.04. The number of aryl methyl sites for hydroxylation is 2. The highest BCUT2D eigenvalue weighted by atomic mass is 16.2. The molecule has 2 rings (SSSR count). The molecule has 120 valence electrons. The molecule has 8 heteroatoms. The number of H-pyrrole nitrogens is 1. The SMILES string of the molecule is Cc1nnnn1CCC(=O)N(C)Cc1cc(C(C)(C)C)n[nH]1. The Morgan fingerprint density at radius 2 is 2.14 bits per heavy atom. The van der Waals surface area contributed by atoms with Gasteiger partial charge in [-0.3, -0.25) is 9.89 Å². The molecule has 22 heavy (non-hydrogen) atoms. The predicted octanol–water partition coefficient (Wildman–Crippen LogP) is 1.05. The molecule has 0 radical (unpaired) electrons. The largest absolute Gasteiger partial charge is 0.340 e. The molecule has 0 saturated carbocycles. The predicted molar refractivity (Wildman–Crippen MR) is 80.9 cm³/mol. The number of hydrogen-bond acceptors (Lipinski definition) is 5. The summed E-state index contributed by atoms with van der Waals surface area (Å²) in [6, 6.07) is 2.01. The Hall–Kier alpha value is -2.25. The third-order valence-corrected chi connectivity index (χ3v) is 3.48. The molecular weight excluding hydrogens is 282 g/mol. The summed E-state index contributed by atoms with van der Waals surface area (Å²) in [6.07, 6.45) is 0.364. The Labute approximate surface area is 129 Å². The second-order valence-electron chi connectivity index (χ2n) is 6.48. The highest BCUT2D eigenvalue weighted by Gasteiger charge is 2.18. The zero-order valence-electron chi connectivity index (χ0n) is 13.8. The average molecular weight is 305 g/mol. The number of nitrogens with one attached hydrogen (secondary N) is 1. The number of tetrazole rings is 1. The molecule has 1 amide bonds. The van der Waals surface area contributed by atoms with E-state index in [1.54, 1.807) is 16.6 Å². The summed E-state index contributed by atoms with van der Waals surface area (Å²) in [6.45, 7) is 9.13. The number of hydrogen-bond donors (Lipinski definition) is 1. The van der Waals surface area contributed by atoms with Crippen LogP contribution in [0.1, 0.15) is 44.4 Å². The van der Waals surface area contributed by atoms with Gasteiger partial charge in [0.15, 0.2) is 0 Å². The van der Waals surface area contributed by atoms with Crippen LogP contribution in [0.15, 0.2) is 6.07 Å². The minimum Gasteiger partial charge on any atom is -0.340 e. The molecule has 2 aromatic heterocycles. The molecule has 2 heterocycles. The third-order valence-electron chi connectivity index (χ3n) is 3.48. The number of carbonyl (C=O) groups is 1. The van der Waals surface area contributed by atoms with Crippen LogP contribution in [-0.4, -0.2) is 48.3 Å². The van der Waals surface area contributed by atoms with E-state index >= 15 is 0 Å². The van der Waals surface area contributed by atoms with Crippen molar-refractivity contribution in [1.29, 1.82) is 0 Å². The Kier molecular flexibility index (Phi) is 4.58. The van der Waals surface area contributed by atoms with Crippen LogP contribution < -0.4 is 0 Å². The van der Waals surface area contributed by atoms with Crippen molar-refractivity contribution >= 4 is 5.91 Å². The van der Waals surface area contributed by atoms with Gasteiger partial charge in [-0.2, -0.15) is 5.10 Å². The maximum atomic E-state index is 12.2. The van der Waals surface area contributed by atoms with Crippen molar-refractivity contribution in [2.75, 3.05) is 7.05 Å². The van der Waals surface area contributed by atoms with Crippen LogP contribution in [0.4, 0.5) is 0 Å². The van der Waals surface area contributed by atoms with E-state index in [9.17, 15) is 4.79 Å². The van der Waals surface area contributed by atoms with Crippen LogP contribution in [0, 0.1) is 6.92 Å². The highest BCUT2D eigenvalue weighted by Crippen LogP contribution is 2.20.